The van der Waals surface area contributed by atoms with E-state index in [9.17, 15) is 24.6 Å². The van der Waals surface area contributed by atoms with Gasteiger partial charge in [-0.2, -0.15) is 0 Å². The quantitative estimate of drug-likeness (QED) is 0.194. The molecule has 1 aliphatic rings. The van der Waals surface area contributed by atoms with Gasteiger partial charge in [0.25, 0.3) is 11.8 Å². The average Bonchev–Trinajstić information content (AvgIpc) is 3.42. The van der Waals surface area contributed by atoms with Gasteiger partial charge in [0, 0.05) is 23.2 Å². The van der Waals surface area contributed by atoms with E-state index in [0.717, 1.165) is 27.5 Å². The summed E-state index contributed by atoms with van der Waals surface area (Å²) < 4.78 is 0. The summed E-state index contributed by atoms with van der Waals surface area (Å²) in [5, 5.41) is 29.3. The summed E-state index contributed by atoms with van der Waals surface area (Å²) >= 11 is 6.42. The number of phenolic OH excluding ortho intramolecular Hbond substituents is 1. The molecule has 240 valence electrons. The summed E-state index contributed by atoms with van der Waals surface area (Å²) in [5.74, 6) is -1.63. The van der Waals surface area contributed by atoms with E-state index < -0.39 is 40.9 Å². The van der Waals surface area contributed by atoms with Gasteiger partial charge >= 0.3 is 0 Å². The van der Waals surface area contributed by atoms with Gasteiger partial charge in [0.2, 0.25) is 5.91 Å². The lowest BCUT2D eigenvalue weighted by Gasteiger charge is -2.32. The molecule has 0 saturated carbocycles. The molecule has 4 aromatic rings. The van der Waals surface area contributed by atoms with Crippen LogP contribution in [0.25, 0.3) is 21.9 Å². The Kier molecular flexibility index (Phi) is 9.70. The number of hydrogen-bond donors (Lipinski definition) is 4. The molecule has 4 N–H and O–H groups in total. The van der Waals surface area contributed by atoms with Gasteiger partial charge in [-0.25, -0.2) is 0 Å². The van der Waals surface area contributed by atoms with E-state index in [2.05, 4.69) is 34.9 Å². The van der Waals surface area contributed by atoms with Crippen LogP contribution in [0, 0.1) is 6.92 Å². The number of hydrogen-bond acceptors (Lipinski definition) is 5. The highest BCUT2D eigenvalue weighted by Crippen LogP contribution is 2.30. The number of likely N-dealkylation sites (tertiary alicyclic amines) is 1. The summed E-state index contributed by atoms with van der Waals surface area (Å²) in [6.45, 7) is 7.25. The third-order valence-corrected chi connectivity index (χ3v) is 8.66. The zero-order chi connectivity index (χ0) is 33.2. The zero-order valence-electron chi connectivity index (χ0n) is 26.5. The minimum atomic E-state index is -1.67. The second kappa shape index (κ2) is 13.5. The maximum Gasteiger partial charge on any atom is 0.254 e. The maximum absolute atomic E-state index is 13.9. The molecule has 4 atom stereocenters. The van der Waals surface area contributed by atoms with Gasteiger partial charge in [-0.05, 0) is 80.1 Å². The van der Waals surface area contributed by atoms with Crippen LogP contribution in [0.4, 0.5) is 0 Å². The first-order valence-electron chi connectivity index (χ1n) is 15.4. The number of alkyl halides is 1. The highest BCUT2D eigenvalue weighted by molar-refractivity contribution is 6.21. The molecular formula is C37H40ClN3O5. The summed E-state index contributed by atoms with van der Waals surface area (Å²) in [6, 6.07) is 24.8. The molecule has 1 aliphatic heterocycles. The lowest BCUT2D eigenvalue weighted by molar-refractivity contribution is -0.146. The van der Waals surface area contributed by atoms with Crippen molar-refractivity contribution in [2.75, 3.05) is 6.54 Å². The summed E-state index contributed by atoms with van der Waals surface area (Å²) in [7, 11) is 0. The first-order valence-corrected chi connectivity index (χ1v) is 15.9. The molecule has 9 heteroatoms. The van der Waals surface area contributed by atoms with Crippen molar-refractivity contribution in [2.24, 2.45) is 0 Å². The Morgan fingerprint density at radius 1 is 0.957 bits per heavy atom. The van der Waals surface area contributed by atoms with Crippen molar-refractivity contribution in [3.63, 3.8) is 0 Å². The summed E-state index contributed by atoms with van der Waals surface area (Å²) in [4.78, 5) is 41.8. The van der Waals surface area contributed by atoms with E-state index in [1.165, 1.54) is 11.0 Å². The first kappa shape index (κ1) is 33.0. The molecule has 0 spiro atoms. The van der Waals surface area contributed by atoms with E-state index >= 15 is 0 Å². The fraction of sp³-hybridized carbons (Fsp3) is 0.324. The molecule has 0 bridgehead atoms. The molecular weight excluding hydrogens is 602 g/mol. The number of carbonyl (C=O) groups is 3. The van der Waals surface area contributed by atoms with Crippen molar-refractivity contribution in [1.82, 2.24) is 15.5 Å². The van der Waals surface area contributed by atoms with Crippen LogP contribution in [-0.4, -0.2) is 68.5 Å². The van der Waals surface area contributed by atoms with Gasteiger partial charge in [0.1, 0.15) is 11.8 Å². The Morgan fingerprint density at radius 3 is 2.35 bits per heavy atom. The molecule has 0 unspecified atom stereocenters. The van der Waals surface area contributed by atoms with Crippen molar-refractivity contribution in [1.29, 1.82) is 0 Å². The van der Waals surface area contributed by atoms with Gasteiger partial charge in [0.15, 0.2) is 6.10 Å². The molecule has 1 saturated heterocycles. The zero-order valence-corrected chi connectivity index (χ0v) is 27.2. The minimum absolute atomic E-state index is 0.0391. The number of aliphatic hydroxyl groups is 1. The van der Waals surface area contributed by atoms with E-state index in [-0.39, 0.29) is 36.6 Å². The Labute approximate surface area is 274 Å². The Morgan fingerprint density at radius 2 is 1.63 bits per heavy atom. The Hall–Kier alpha value is -4.40. The van der Waals surface area contributed by atoms with Crippen LogP contribution in [0.5, 0.6) is 5.75 Å². The second-order valence-corrected chi connectivity index (χ2v) is 13.6. The topological polar surface area (TPSA) is 119 Å². The van der Waals surface area contributed by atoms with Crippen molar-refractivity contribution >= 4 is 40.1 Å². The van der Waals surface area contributed by atoms with E-state index in [4.69, 9.17) is 11.6 Å². The average molecular weight is 642 g/mol. The monoisotopic (exact) mass is 641 g/mol. The molecule has 5 rings (SSSR count). The lowest BCUT2D eigenvalue weighted by Crippen LogP contribution is -2.57. The van der Waals surface area contributed by atoms with E-state index in [0.29, 0.717) is 5.56 Å². The van der Waals surface area contributed by atoms with Crippen LogP contribution in [0.1, 0.15) is 48.7 Å². The van der Waals surface area contributed by atoms with Crippen LogP contribution in [0.3, 0.4) is 0 Å². The van der Waals surface area contributed by atoms with Crippen LogP contribution in [0.15, 0.2) is 84.9 Å². The molecule has 0 aliphatic carbocycles. The third kappa shape index (κ3) is 7.35. The number of nitrogens with one attached hydrogen (secondary N) is 2. The van der Waals surface area contributed by atoms with E-state index in [1.807, 2.05) is 63.2 Å². The smallest absolute Gasteiger partial charge is 0.254 e. The number of amides is 3. The van der Waals surface area contributed by atoms with Crippen molar-refractivity contribution in [3.05, 3.63) is 102 Å². The summed E-state index contributed by atoms with van der Waals surface area (Å²) in [5.41, 5.74) is 2.94. The molecule has 0 radical (unpaired) electrons. The normalized spacial score (nSPS) is 17.8. The molecule has 3 amide bonds. The van der Waals surface area contributed by atoms with Gasteiger partial charge in [-0.15, -0.1) is 11.6 Å². The molecule has 8 nitrogen and oxygen atoms in total. The van der Waals surface area contributed by atoms with Gasteiger partial charge in [-0.3, -0.25) is 14.4 Å². The largest absolute Gasteiger partial charge is 0.508 e. The van der Waals surface area contributed by atoms with Crippen molar-refractivity contribution < 1.29 is 24.6 Å². The van der Waals surface area contributed by atoms with Gasteiger partial charge in [-0.1, -0.05) is 72.8 Å². The third-order valence-electron chi connectivity index (χ3n) is 8.34. The fourth-order valence-electron chi connectivity index (χ4n) is 5.98. The van der Waals surface area contributed by atoms with Crippen LogP contribution >= 0.6 is 11.6 Å². The number of aromatic hydroxyl groups is 1. The van der Waals surface area contributed by atoms with E-state index in [1.54, 1.807) is 19.1 Å². The minimum Gasteiger partial charge on any atom is -0.508 e. The number of aliphatic hydroxyl groups excluding tert-OH is 1. The molecule has 46 heavy (non-hydrogen) atoms. The first-order chi connectivity index (χ1) is 21.8. The van der Waals surface area contributed by atoms with Crippen LogP contribution in [0.2, 0.25) is 0 Å². The number of fused-ring (bicyclic) bond motifs is 1. The molecule has 1 fully saturated rings. The number of nitrogens with zero attached hydrogens (tertiary/aromatic N) is 1. The van der Waals surface area contributed by atoms with Crippen LogP contribution in [-0.2, 0) is 16.0 Å². The summed E-state index contributed by atoms with van der Waals surface area (Å²) in [6.07, 6.45) is -1.30. The molecule has 0 aromatic heterocycles. The predicted molar refractivity (Wildman–Crippen MR) is 181 cm³/mol. The van der Waals surface area contributed by atoms with Gasteiger partial charge in [0.05, 0.1) is 11.4 Å². The van der Waals surface area contributed by atoms with Gasteiger partial charge < -0.3 is 25.7 Å². The molecule has 4 aromatic carbocycles. The number of phenols is 1. The maximum atomic E-state index is 13.9. The SMILES string of the molecule is Cc1c(O)cccc1C(=O)N[C@@H](Cc1ccc(-c2cccc3ccccc23)cc1)[C@H](O)C(=O)N1C[C@@H](Cl)C[C@H]1C(=O)NC(C)(C)C. The Bertz CT molecular complexity index is 1750. The highest BCUT2D eigenvalue weighted by atomic mass is 35.5. The molecule has 1 heterocycles. The number of rotatable bonds is 8. The predicted octanol–water partition coefficient (Wildman–Crippen LogP) is 5.35. The number of halogens is 1. The lowest BCUT2D eigenvalue weighted by atomic mass is 9.95. The highest BCUT2D eigenvalue weighted by Gasteiger charge is 2.43. The van der Waals surface area contributed by atoms with Crippen LogP contribution < -0.4 is 10.6 Å². The van der Waals surface area contributed by atoms with Crippen molar-refractivity contribution in [2.45, 2.75) is 69.6 Å². The standard InChI is InChI=1S/C37H40ClN3O5/c1-22-27(12-8-14-32(22)42)34(44)39-30(33(43)36(46)41-21-26(38)20-31(41)35(45)40-37(2,3)4)19-23-15-17-25(18-16-23)29-13-7-10-24-9-5-6-11-28(24)29/h5-18,26,30-31,33,42-43H,19-21H2,1-4H3,(H,39,44)(H,40,45)/t26-,30-,31-,33-/m0/s1. The second-order valence-electron chi connectivity index (χ2n) is 13.0. The fourth-order valence-corrected chi connectivity index (χ4v) is 6.30. The number of benzene rings is 4. The Balaban J connectivity index is 1.43. The van der Waals surface area contributed by atoms with Crippen molar-refractivity contribution in [3.8, 4) is 16.9 Å². The number of carbonyl (C=O) groups excluding carboxylic acids is 3.